The maximum Gasteiger partial charge on any atom is 0.237 e. The van der Waals surface area contributed by atoms with E-state index in [-0.39, 0.29) is 11.9 Å². The van der Waals surface area contributed by atoms with Crippen molar-refractivity contribution < 1.29 is 9.53 Å². The summed E-state index contributed by atoms with van der Waals surface area (Å²) in [6.07, 6.45) is 4.18. The van der Waals surface area contributed by atoms with Gasteiger partial charge in [-0.05, 0) is 50.1 Å². The lowest BCUT2D eigenvalue weighted by Crippen LogP contribution is -2.49. The Bertz CT molecular complexity index is 447. The number of likely N-dealkylation sites (tertiary alicyclic amines) is 1. The summed E-state index contributed by atoms with van der Waals surface area (Å²) >= 11 is 0. The third-order valence-electron chi connectivity index (χ3n) is 3.90. The van der Waals surface area contributed by atoms with Crippen molar-refractivity contribution >= 4 is 11.6 Å². The van der Waals surface area contributed by atoms with Crippen LogP contribution in [-0.4, -0.2) is 43.6 Å². The van der Waals surface area contributed by atoms with Crippen molar-refractivity contribution in [2.75, 3.05) is 32.5 Å². The van der Waals surface area contributed by atoms with Crippen molar-refractivity contribution in [2.24, 2.45) is 0 Å². The molecule has 0 aliphatic carbocycles. The summed E-state index contributed by atoms with van der Waals surface area (Å²) in [6, 6.07) is 7.45. The molecule has 1 saturated heterocycles. The molecule has 2 rings (SSSR count). The molecule has 0 aromatic heterocycles. The van der Waals surface area contributed by atoms with Crippen LogP contribution >= 0.6 is 0 Å². The predicted molar refractivity (Wildman–Crippen MR) is 84.2 cm³/mol. The highest BCUT2D eigenvalue weighted by atomic mass is 16.5. The standard InChI is InChI=1S/C16H25N3O2/c1-18-16(20)15-5-2-3-10-19(15)11-4-12-21-14-8-6-13(17)7-9-14/h6-9,15H,2-5,10-12,17H2,1H3,(H,18,20). The van der Waals surface area contributed by atoms with Crippen LogP contribution in [0.3, 0.4) is 0 Å². The number of rotatable bonds is 6. The van der Waals surface area contributed by atoms with Gasteiger partial charge in [-0.15, -0.1) is 0 Å². The highest BCUT2D eigenvalue weighted by Gasteiger charge is 2.27. The van der Waals surface area contributed by atoms with E-state index in [0.29, 0.717) is 6.61 Å². The first-order valence-corrected chi connectivity index (χ1v) is 7.64. The van der Waals surface area contributed by atoms with Gasteiger partial charge in [0.25, 0.3) is 0 Å². The van der Waals surface area contributed by atoms with Crippen LogP contribution in [0.4, 0.5) is 5.69 Å². The van der Waals surface area contributed by atoms with Crippen LogP contribution in [0.5, 0.6) is 5.75 Å². The third kappa shape index (κ3) is 4.63. The minimum absolute atomic E-state index is 0.0280. The molecule has 1 unspecified atom stereocenters. The van der Waals surface area contributed by atoms with E-state index in [0.717, 1.165) is 43.8 Å². The van der Waals surface area contributed by atoms with E-state index >= 15 is 0 Å². The number of carbonyl (C=O) groups is 1. The average molecular weight is 291 g/mol. The van der Waals surface area contributed by atoms with Gasteiger partial charge in [-0.3, -0.25) is 9.69 Å². The monoisotopic (exact) mass is 291 g/mol. The van der Waals surface area contributed by atoms with Gasteiger partial charge >= 0.3 is 0 Å². The lowest BCUT2D eigenvalue weighted by atomic mass is 10.0. The third-order valence-corrected chi connectivity index (χ3v) is 3.90. The molecule has 1 atom stereocenters. The largest absolute Gasteiger partial charge is 0.494 e. The molecule has 0 saturated carbocycles. The van der Waals surface area contributed by atoms with E-state index in [9.17, 15) is 4.79 Å². The van der Waals surface area contributed by atoms with Gasteiger partial charge in [-0.25, -0.2) is 0 Å². The van der Waals surface area contributed by atoms with E-state index in [1.165, 1.54) is 6.42 Å². The first-order chi connectivity index (χ1) is 10.2. The number of carbonyl (C=O) groups excluding carboxylic acids is 1. The highest BCUT2D eigenvalue weighted by molar-refractivity contribution is 5.81. The van der Waals surface area contributed by atoms with Crippen LogP contribution in [0.2, 0.25) is 0 Å². The molecule has 1 aromatic carbocycles. The van der Waals surface area contributed by atoms with E-state index in [4.69, 9.17) is 10.5 Å². The van der Waals surface area contributed by atoms with Gasteiger partial charge < -0.3 is 15.8 Å². The Balaban J connectivity index is 1.73. The topological polar surface area (TPSA) is 67.6 Å². The summed E-state index contributed by atoms with van der Waals surface area (Å²) < 4.78 is 5.69. The molecule has 1 aromatic rings. The zero-order valence-corrected chi connectivity index (χ0v) is 12.7. The van der Waals surface area contributed by atoms with Crippen LogP contribution in [0, 0.1) is 0 Å². The number of nitrogens with zero attached hydrogens (tertiary/aromatic N) is 1. The minimum atomic E-state index is 0.0280. The van der Waals surface area contributed by atoms with Crippen LogP contribution in [0.1, 0.15) is 25.7 Å². The van der Waals surface area contributed by atoms with Crippen molar-refractivity contribution in [3.8, 4) is 5.75 Å². The Hall–Kier alpha value is -1.75. The van der Waals surface area contributed by atoms with Gasteiger partial charge in [-0.1, -0.05) is 6.42 Å². The molecular weight excluding hydrogens is 266 g/mol. The zero-order valence-electron chi connectivity index (χ0n) is 12.7. The van der Waals surface area contributed by atoms with Crippen molar-refractivity contribution in [2.45, 2.75) is 31.7 Å². The molecule has 1 aliphatic rings. The number of piperidine rings is 1. The first kappa shape index (κ1) is 15.6. The van der Waals surface area contributed by atoms with Crippen LogP contribution < -0.4 is 15.8 Å². The molecule has 116 valence electrons. The number of nitrogens with two attached hydrogens (primary N) is 1. The normalized spacial score (nSPS) is 19.2. The second-order valence-electron chi connectivity index (χ2n) is 5.43. The van der Waals surface area contributed by atoms with E-state index in [2.05, 4.69) is 10.2 Å². The number of nitrogen functional groups attached to an aromatic ring is 1. The maximum absolute atomic E-state index is 11.9. The SMILES string of the molecule is CNC(=O)C1CCCCN1CCCOc1ccc(N)cc1. The Labute approximate surface area is 126 Å². The molecule has 0 bridgehead atoms. The summed E-state index contributed by atoms with van der Waals surface area (Å²) in [5.41, 5.74) is 6.38. The van der Waals surface area contributed by atoms with Gasteiger partial charge in [0.2, 0.25) is 5.91 Å². The van der Waals surface area contributed by atoms with Crippen molar-refractivity contribution in [3.63, 3.8) is 0 Å². The Morgan fingerprint density at radius 2 is 2.14 bits per heavy atom. The summed E-state index contributed by atoms with van der Waals surface area (Å²) in [5.74, 6) is 0.972. The lowest BCUT2D eigenvalue weighted by Gasteiger charge is -2.34. The molecule has 1 amide bonds. The number of ether oxygens (including phenoxy) is 1. The molecule has 5 heteroatoms. The molecule has 1 fully saturated rings. The Morgan fingerprint density at radius 3 is 2.86 bits per heavy atom. The fourth-order valence-corrected chi connectivity index (χ4v) is 2.74. The zero-order chi connectivity index (χ0) is 15.1. The lowest BCUT2D eigenvalue weighted by molar-refractivity contribution is -0.127. The van der Waals surface area contributed by atoms with Gasteiger partial charge in [0, 0.05) is 19.3 Å². The molecule has 21 heavy (non-hydrogen) atoms. The number of likely N-dealkylation sites (N-methyl/N-ethyl adjacent to an activating group) is 1. The molecule has 0 spiro atoms. The summed E-state index contributed by atoms with van der Waals surface area (Å²) in [4.78, 5) is 14.1. The van der Waals surface area contributed by atoms with Crippen molar-refractivity contribution in [1.29, 1.82) is 0 Å². The number of anilines is 1. The number of nitrogens with one attached hydrogen (secondary N) is 1. The number of benzene rings is 1. The molecule has 0 radical (unpaired) electrons. The molecule has 1 aliphatic heterocycles. The van der Waals surface area contributed by atoms with Crippen LogP contribution in [0.15, 0.2) is 24.3 Å². The van der Waals surface area contributed by atoms with Crippen LogP contribution in [0.25, 0.3) is 0 Å². The molecular formula is C16H25N3O2. The van der Waals surface area contributed by atoms with E-state index in [1.807, 2.05) is 24.3 Å². The maximum atomic E-state index is 11.9. The fraction of sp³-hybridized carbons (Fsp3) is 0.562. The predicted octanol–water partition coefficient (Wildman–Crippen LogP) is 1.64. The first-order valence-electron chi connectivity index (χ1n) is 7.64. The second kappa shape index (κ2) is 7.88. The quantitative estimate of drug-likeness (QED) is 0.617. The van der Waals surface area contributed by atoms with Crippen molar-refractivity contribution in [1.82, 2.24) is 10.2 Å². The number of hydrogen-bond donors (Lipinski definition) is 2. The summed E-state index contributed by atoms with van der Waals surface area (Å²) in [5, 5.41) is 2.76. The highest BCUT2D eigenvalue weighted by Crippen LogP contribution is 2.18. The summed E-state index contributed by atoms with van der Waals surface area (Å²) in [6.45, 7) is 2.55. The molecule has 5 nitrogen and oxygen atoms in total. The smallest absolute Gasteiger partial charge is 0.237 e. The molecule has 1 heterocycles. The van der Waals surface area contributed by atoms with Crippen molar-refractivity contribution in [3.05, 3.63) is 24.3 Å². The minimum Gasteiger partial charge on any atom is -0.494 e. The van der Waals surface area contributed by atoms with E-state index < -0.39 is 0 Å². The Kier molecular flexibility index (Phi) is 5.87. The van der Waals surface area contributed by atoms with Gasteiger partial charge in [0.1, 0.15) is 5.75 Å². The average Bonchev–Trinajstić information content (AvgIpc) is 2.53. The summed E-state index contributed by atoms with van der Waals surface area (Å²) in [7, 11) is 1.71. The van der Waals surface area contributed by atoms with Gasteiger partial charge in [0.15, 0.2) is 0 Å². The fourth-order valence-electron chi connectivity index (χ4n) is 2.74. The number of hydrogen-bond acceptors (Lipinski definition) is 4. The number of amides is 1. The van der Waals surface area contributed by atoms with Gasteiger partial charge in [-0.2, -0.15) is 0 Å². The Morgan fingerprint density at radius 1 is 1.38 bits per heavy atom. The van der Waals surface area contributed by atoms with Crippen LogP contribution in [-0.2, 0) is 4.79 Å². The molecule has 3 N–H and O–H groups in total. The van der Waals surface area contributed by atoms with Gasteiger partial charge in [0.05, 0.1) is 12.6 Å². The van der Waals surface area contributed by atoms with E-state index in [1.54, 1.807) is 7.05 Å². The second-order valence-corrected chi connectivity index (χ2v) is 5.43.